The van der Waals surface area contributed by atoms with Crippen molar-refractivity contribution in [1.82, 2.24) is 0 Å². The Labute approximate surface area is 102 Å². The van der Waals surface area contributed by atoms with E-state index >= 15 is 0 Å². The largest absolute Gasteiger partial charge is 0.481 e. The zero-order valence-corrected chi connectivity index (χ0v) is 11.4. The van der Waals surface area contributed by atoms with Crippen LogP contribution >= 0.6 is 27.3 Å². The number of halogens is 1. The molecule has 0 saturated carbocycles. The summed E-state index contributed by atoms with van der Waals surface area (Å²) in [6, 6.07) is 3.95. The van der Waals surface area contributed by atoms with Gasteiger partial charge in [0.15, 0.2) is 0 Å². The fraction of sp³-hybridized carbons (Fsp3) is 0.500. The van der Waals surface area contributed by atoms with Gasteiger partial charge in [-0.3, -0.25) is 4.79 Å². The maximum absolute atomic E-state index is 10.7. The third-order valence-electron chi connectivity index (χ3n) is 2.38. The molecule has 0 aliphatic carbocycles. The molecule has 0 atom stereocenters. The minimum Gasteiger partial charge on any atom is -0.481 e. The molecule has 0 spiro atoms. The van der Waals surface area contributed by atoms with Crippen molar-refractivity contribution in [1.29, 1.82) is 0 Å². The van der Waals surface area contributed by atoms with E-state index in [9.17, 15) is 4.79 Å². The summed E-state index contributed by atoms with van der Waals surface area (Å²) < 4.78 is 1.05. The molecule has 0 radical (unpaired) electrons. The molecule has 0 unspecified atom stereocenters. The Morgan fingerprint density at radius 2 is 2.20 bits per heavy atom. The van der Waals surface area contributed by atoms with E-state index in [0.29, 0.717) is 0 Å². The average Bonchev–Trinajstić information content (AvgIpc) is 2.48. The van der Waals surface area contributed by atoms with Crippen LogP contribution in [0.4, 0.5) is 5.00 Å². The van der Waals surface area contributed by atoms with Crippen LogP contribution in [0.3, 0.4) is 0 Å². The van der Waals surface area contributed by atoms with Crippen molar-refractivity contribution in [3.63, 3.8) is 0 Å². The van der Waals surface area contributed by atoms with E-state index in [1.807, 2.05) is 37.9 Å². The second-order valence-corrected chi connectivity index (χ2v) is 6.46. The maximum Gasteiger partial charge on any atom is 0.305 e. The summed E-state index contributed by atoms with van der Waals surface area (Å²) in [5.74, 6) is -0.775. The van der Waals surface area contributed by atoms with Crippen molar-refractivity contribution >= 4 is 38.2 Å². The van der Waals surface area contributed by atoms with Gasteiger partial charge in [0.25, 0.3) is 0 Å². The van der Waals surface area contributed by atoms with Crippen molar-refractivity contribution in [2.75, 3.05) is 11.9 Å². The van der Waals surface area contributed by atoms with Crippen LogP contribution in [0.2, 0.25) is 0 Å². The van der Waals surface area contributed by atoms with Gasteiger partial charge in [0.05, 0.1) is 15.2 Å². The molecule has 0 aromatic carbocycles. The molecule has 1 aromatic rings. The number of hydrogen-bond donors (Lipinski definition) is 1. The van der Waals surface area contributed by atoms with Crippen LogP contribution in [-0.2, 0) is 4.79 Å². The average molecular weight is 292 g/mol. The number of nitrogens with zero attached hydrogens (tertiary/aromatic N) is 1. The van der Waals surface area contributed by atoms with Crippen LogP contribution in [0.25, 0.3) is 0 Å². The van der Waals surface area contributed by atoms with Gasteiger partial charge in [-0.15, -0.1) is 11.3 Å². The Kier molecular flexibility index (Phi) is 3.78. The smallest absolute Gasteiger partial charge is 0.305 e. The lowest BCUT2D eigenvalue weighted by Gasteiger charge is -2.35. The van der Waals surface area contributed by atoms with Gasteiger partial charge in [-0.05, 0) is 41.9 Å². The number of thiophene rings is 1. The van der Waals surface area contributed by atoms with Gasteiger partial charge in [0, 0.05) is 12.6 Å². The minimum atomic E-state index is -0.775. The molecule has 5 heteroatoms. The molecule has 0 aliphatic heterocycles. The van der Waals surface area contributed by atoms with Crippen LogP contribution in [-0.4, -0.2) is 23.7 Å². The topological polar surface area (TPSA) is 40.5 Å². The Morgan fingerprint density at radius 3 is 2.60 bits per heavy atom. The fourth-order valence-corrected chi connectivity index (χ4v) is 2.76. The van der Waals surface area contributed by atoms with E-state index in [0.717, 1.165) is 8.79 Å². The minimum absolute atomic E-state index is 0.124. The number of rotatable bonds is 4. The first-order valence-electron chi connectivity index (χ1n) is 4.54. The Hall–Kier alpha value is -0.550. The summed E-state index contributed by atoms with van der Waals surface area (Å²) in [5.41, 5.74) is -0.379. The standard InChI is InChI=1S/C10H14BrNO2S/c1-10(2,6-9(13)14)12(3)8-5-4-7(11)15-8/h4-5H,6H2,1-3H3,(H,13,14). The van der Waals surface area contributed by atoms with E-state index in [1.54, 1.807) is 11.3 Å². The molecule has 1 rings (SSSR count). The molecule has 1 N–H and O–H groups in total. The third kappa shape index (κ3) is 3.21. The van der Waals surface area contributed by atoms with Gasteiger partial charge < -0.3 is 10.0 Å². The zero-order chi connectivity index (χ0) is 11.6. The summed E-state index contributed by atoms with van der Waals surface area (Å²) in [6.07, 6.45) is 0.124. The van der Waals surface area contributed by atoms with Crippen molar-refractivity contribution < 1.29 is 9.90 Å². The van der Waals surface area contributed by atoms with Crippen molar-refractivity contribution in [2.45, 2.75) is 25.8 Å². The number of carboxylic acids is 1. The van der Waals surface area contributed by atoms with Crippen LogP contribution in [0, 0.1) is 0 Å². The molecule has 0 saturated heterocycles. The van der Waals surface area contributed by atoms with E-state index in [1.165, 1.54) is 0 Å². The monoisotopic (exact) mass is 291 g/mol. The molecule has 0 amide bonds. The highest BCUT2D eigenvalue weighted by molar-refractivity contribution is 9.11. The second-order valence-electron chi connectivity index (χ2n) is 4.02. The highest BCUT2D eigenvalue weighted by atomic mass is 79.9. The molecule has 84 valence electrons. The summed E-state index contributed by atoms with van der Waals surface area (Å²) in [4.78, 5) is 12.7. The molecular formula is C10H14BrNO2S. The lowest BCUT2D eigenvalue weighted by atomic mass is 9.99. The van der Waals surface area contributed by atoms with E-state index < -0.39 is 5.97 Å². The normalized spacial score (nSPS) is 11.5. The summed E-state index contributed by atoms with van der Waals surface area (Å²) in [7, 11) is 1.92. The van der Waals surface area contributed by atoms with Gasteiger partial charge in [-0.2, -0.15) is 0 Å². The van der Waals surface area contributed by atoms with Crippen LogP contribution in [0.5, 0.6) is 0 Å². The lowest BCUT2D eigenvalue weighted by molar-refractivity contribution is -0.138. The van der Waals surface area contributed by atoms with Gasteiger partial charge in [-0.1, -0.05) is 0 Å². The molecule has 1 aromatic heterocycles. The number of carboxylic acid groups (broad SMARTS) is 1. The predicted molar refractivity (Wildman–Crippen MR) is 66.8 cm³/mol. The fourth-order valence-electron chi connectivity index (χ4n) is 1.27. The van der Waals surface area contributed by atoms with Crippen LogP contribution in [0.15, 0.2) is 15.9 Å². The predicted octanol–water partition coefficient (Wildman–Crippen LogP) is 3.20. The van der Waals surface area contributed by atoms with Gasteiger partial charge in [-0.25, -0.2) is 0 Å². The summed E-state index contributed by atoms with van der Waals surface area (Å²) >= 11 is 4.99. The first kappa shape index (κ1) is 12.5. The SMILES string of the molecule is CN(c1ccc(Br)s1)C(C)(C)CC(=O)O. The molecular weight excluding hydrogens is 278 g/mol. The van der Waals surface area contributed by atoms with Crippen molar-refractivity contribution in [3.8, 4) is 0 Å². The lowest BCUT2D eigenvalue weighted by Crippen LogP contribution is -2.42. The Bertz CT molecular complexity index is 362. The van der Waals surface area contributed by atoms with Crippen molar-refractivity contribution in [2.24, 2.45) is 0 Å². The first-order valence-corrected chi connectivity index (χ1v) is 6.15. The molecule has 0 fully saturated rings. The van der Waals surface area contributed by atoms with Gasteiger partial charge >= 0.3 is 5.97 Å². The quantitative estimate of drug-likeness (QED) is 0.926. The molecule has 15 heavy (non-hydrogen) atoms. The summed E-state index contributed by atoms with van der Waals surface area (Å²) in [5, 5.41) is 9.88. The third-order valence-corrected chi connectivity index (χ3v) is 4.08. The van der Waals surface area contributed by atoms with E-state index in [-0.39, 0.29) is 12.0 Å². The highest BCUT2D eigenvalue weighted by Crippen LogP contribution is 2.33. The molecule has 3 nitrogen and oxygen atoms in total. The van der Waals surface area contributed by atoms with Crippen molar-refractivity contribution in [3.05, 3.63) is 15.9 Å². The number of hydrogen-bond acceptors (Lipinski definition) is 3. The Balaban J connectivity index is 2.83. The van der Waals surface area contributed by atoms with E-state index in [4.69, 9.17) is 5.11 Å². The molecule has 0 aliphatic rings. The Morgan fingerprint density at radius 1 is 1.60 bits per heavy atom. The van der Waals surface area contributed by atoms with Crippen LogP contribution < -0.4 is 4.90 Å². The first-order chi connectivity index (χ1) is 6.83. The zero-order valence-electron chi connectivity index (χ0n) is 8.95. The molecule has 1 heterocycles. The second kappa shape index (κ2) is 4.53. The number of anilines is 1. The summed E-state index contributed by atoms with van der Waals surface area (Å²) in [6.45, 7) is 3.85. The molecule has 0 bridgehead atoms. The maximum atomic E-state index is 10.7. The van der Waals surface area contributed by atoms with Crippen LogP contribution in [0.1, 0.15) is 20.3 Å². The number of aliphatic carboxylic acids is 1. The van der Waals surface area contributed by atoms with E-state index in [2.05, 4.69) is 15.9 Å². The highest BCUT2D eigenvalue weighted by Gasteiger charge is 2.27. The van der Waals surface area contributed by atoms with Gasteiger partial charge in [0.1, 0.15) is 0 Å². The number of carbonyl (C=O) groups is 1. The van der Waals surface area contributed by atoms with Gasteiger partial charge in [0.2, 0.25) is 0 Å².